The molecule has 0 spiro atoms. The number of carbonyl (C=O) groups is 3. The van der Waals surface area contributed by atoms with Crippen LogP contribution in [0.5, 0.6) is 0 Å². The lowest BCUT2D eigenvalue weighted by Crippen LogP contribution is -2.43. The molecule has 67 heavy (non-hydrogen) atoms. The molecule has 0 saturated heterocycles. The second-order valence-electron chi connectivity index (χ2n) is 18.6. The van der Waals surface area contributed by atoms with E-state index in [1.165, 1.54) is 140 Å². The summed E-state index contributed by atoms with van der Waals surface area (Å²) in [5.74, 6) is 1.04. The minimum absolute atomic E-state index is 0.00126. The third kappa shape index (κ3) is 25.1. The molecule has 13 heteroatoms. The summed E-state index contributed by atoms with van der Waals surface area (Å²) in [5.41, 5.74) is 15.0. The van der Waals surface area contributed by atoms with Crippen LogP contribution in [0.25, 0.3) is 21.9 Å². The van der Waals surface area contributed by atoms with Gasteiger partial charge in [-0.25, -0.2) is 9.97 Å². The molecule has 1 amide bonds. The molecule has 2 aromatic heterocycles. The van der Waals surface area contributed by atoms with Crippen LogP contribution >= 0.6 is 11.8 Å². The minimum atomic E-state index is -0.761. The number of carbonyl (C=O) groups excluding carboxylic acids is 3. The first-order valence-electron chi connectivity index (χ1n) is 26.9. The number of pyridine rings is 1. The topological polar surface area (TPSA) is 174 Å². The number of nitrogens with two attached hydrogens (primary N) is 2. The highest BCUT2D eigenvalue weighted by atomic mass is 32.2. The summed E-state index contributed by atoms with van der Waals surface area (Å²) in [4.78, 5) is 48.2. The number of amides is 1. The number of ether oxygens (including phenoxy) is 3. The third-order valence-electron chi connectivity index (χ3n) is 12.6. The lowest BCUT2D eigenvalue weighted by molar-refractivity contribution is -0.157. The lowest BCUT2D eigenvalue weighted by atomic mass is 10.0. The first-order chi connectivity index (χ1) is 32.8. The minimum Gasteiger partial charge on any atom is -0.462 e. The van der Waals surface area contributed by atoms with E-state index in [4.69, 9.17) is 30.7 Å². The molecule has 0 saturated carbocycles. The van der Waals surface area contributed by atoms with Gasteiger partial charge in [0.15, 0.2) is 5.82 Å². The summed E-state index contributed by atoms with van der Waals surface area (Å²) in [6, 6.07) is 7.10. The Morgan fingerprint density at radius 1 is 0.672 bits per heavy atom. The normalized spacial score (nSPS) is 12.5. The SMILES string of the molecule is CCCCCCCCCCCCCCCC(=O)OC[C@H](CSCC(N)C(=O)NCCCn1c(COCC)nc2c(N)nc3ccccc3c21)OC(=O)CCCCCCCCCCCCCCC. The van der Waals surface area contributed by atoms with E-state index in [9.17, 15) is 14.4 Å². The van der Waals surface area contributed by atoms with Crippen molar-refractivity contribution in [3.05, 3.63) is 30.1 Å². The number of aryl methyl sites for hydroxylation is 1. The second-order valence-corrected chi connectivity index (χ2v) is 19.7. The van der Waals surface area contributed by atoms with E-state index in [0.717, 1.165) is 60.8 Å². The number of hydrogen-bond donors (Lipinski definition) is 3. The zero-order chi connectivity index (χ0) is 48.2. The van der Waals surface area contributed by atoms with Crippen molar-refractivity contribution in [3.8, 4) is 0 Å². The van der Waals surface area contributed by atoms with Gasteiger partial charge in [0.2, 0.25) is 5.91 Å². The van der Waals surface area contributed by atoms with Gasteiger partial charge in [-0.15, -0.1) is 0 Å². The number of fused-ring (bicyclic) bond motifs is 3. The van der Waals surface area contributed by atoms with Crippen molar-refractivity contribution in [2.75, 3.05) is 37.0 Å². The third-order valence-corrected chi connectivity index (χ3v) is 13.8. The van der Waals surface area contributed by atoms with Gasteiger partial charge < -0.3 is 35.6 Å². The Balaban J connectivity index is 1.40. The van der Waals surface area contributed by atoms with Crippen LogP contribution in [0.3, 0.4) is 0 Å². The number of hydrogen-bond acceptors (Lipinski definition) is 11. The number of thioether (sulfide) groups is 1. The molecule has 5 N–H and O–H groups in total. The first kappa shape index (κ1) is 57.9. The summed E-state index contributed by atoms with van der Waals surface area (Å²) in [6.07, 6.45) is 33.0. The zero-order valence-electron chi connectivity index (χ0n) is 42.3. The Morgan fingerprint density at radius 3 is 1.75 bits per heavy atom. The molecule has 0 aliphatic rings. The molecular formula is C54H92N6O6S. The molecule has 0 radical (unpaired) electrons. The van der Waals surface area contributed by atoms with E-state index in [2.05, 4.69) is 28.7 Å². The molecule has 0 bridgehead atoms. The second kappa shape index (κ2) is 37.5. The van der Waals surface area contributed by atoms with Crippen LogP contribution < -0.4 is 16.8 Å². The molecular weight excluding hydrogens is 861 g/mol. The molecule has 1 unspecified atom stereocenters. The molecule has 0 aliphatic heterocycles. The average molecular weight is 953 g/mol. The van der Waals surface area contributed by atoms with Crippen molar-refractivity contribution in [2.24, 2.45) is 5.73 Å². The number of unbranched alkanes of at least 4 members (excludes halogenated alkanes) is 24. The Morgan fingerprint density at radius 2 is 1.19 bits per heavy atom. The fourth-order valence-corrected chi connectivity index (χ4v) is 9.59. The maximum Gasteiger partial charge on any atom is 0.306 e. The van der Waals surface area contributed by atoms with E-state index >= 15 is 0 Å². The maximum absolute atomic E-state index is 13.1. The van der Waals surface area contributed by atoms with Crippen molar-refractivity contribution in [3.63, 3.8) is 0 Å². The molecule has 380 valence electrons. The number of aromatic nitrogens is 3. The number of para-hydroxylation sites is 1. The van der Waals surface area contributed by atoms with Crippen molar-refractivity contribution in [1.29, 1.82) is 0 Å². The largest absolute Gasteiger partial charge is 0.462 e. The predicted octanol–water partition coefficient (Wildman–Crippen LogP) is 12.7. The average Bonchev–Trinajstić information content (AvgIpc) is 3.70. The first-order valence-corrected chi connectivity index (χ1v) is 28.0. The highest BCUT2D eigenvalue weighted by molar-refractivity contribution is 7.99. The maximum atomic E-state index is 13.1. The van der Waals surface area contributed by atoms with Crippen LogP contribution in [0.15, 0.2) is 24.3 Å². The van der Waals surface area contributed by atoms with Gasteiger partial charge >= 0.3 is 11.9 Å². The van der Waals surface area contributed by atoms with Crippen LogP contribution in [-0.2, 0) is 41.7 Å². The monoisotopic (exact) mass is 953 g/mol. The van der Waals surface area contributed by atoms with Gasteiger partial charge in [-0.2, -0.15) is 11.8 Å². The Bertz CT molecular complexity index is 1770. The molecule has 0 fully saturated rings. The number of anilines is 1. The van der Waals surface area contributed by atoms with Crippen molar-refractivity contribution >= 4 is 57.4 Å². The summed E-state index contributed by atoms with van der Waals surface area (Å²) in [7, 11) is 0. The van der Waals surface area contributed by atoms with Gasteiger partial charge in [0, 0.05) is 49.4 Å². The van der Waals surface area contributed by atoms with Crippen LogP contribution in [-0.4, -0.2) is 75.8 Å². The summed E-state index contributed by atoms with van der Waals surface area (Å²) >= 11 is 1.43. The predicted molar refractivity (Wildman–Crippen MR) is 279 cm³/mol. The number of rotatable bonds is 43. The quantitative estimate of drug-likeness (QED) is 0.0364. The van der Waals surface area contributed by atoms with Crippen LogP contribution in [0.2, 0.25) is 0 Å². The Labute approximate surface area is 409 Å². The number of nitrogens with one attached hydrogen (secondary N) is 1. The molecule has 2 atom stereocenters. The summed E-state index contributed by atoms with van der Waals surface area (Å²) < 4.78 is 19.4. The molecule has 1 aromatic carbocycles. The highest BCUT2D eigenvalue weighted by Crippen LogP contribution is 2.29. The Kier molecular flexibility index (Phi) is 32.4. The van der Waals surface area contributed by atoms with E-state index < -0.39 is 12.1 Å². The molecule has 2 heterocycles. The number of benzene rings is 1. The van der Waals surface area contributed by atoms with Gasteiger partial charge in [0.05, 0.1) is 17.1 Å². The van der Waals surface area contributed by atoms with Gasteiger partial charge in [0.1, 0.15) is 30.7 Å². The number of esters is 2. The standard InChI is InChI=1S/C54H92N6O6S/c1-4-7-9-11-13-15-17-19-21-23-25-27-29-36-49(61)65-40-44(66-50(62)37-30-28-26-24-22-20-18-16-14-12-10-8-5-2)42-67-43-46(55)54(63)57-38-33-39-60-48(41-64-6-3)59-51-52(60)45-34-31-32-35-47(45)58-53(51)56/h31-32,34-35,44,46H,4-30,33,36-43,55H2,1-3H3,(H2,56,58)(H,57,63)/t44-,46?/m1/s1. The summed E-state index contributed by atoms with van der Waals surface area (Å²) in [6.45, 7) is 8.35. The highest BCUT2D eigenvalue weighted by Gasteiger charge is 2.21. The van der Waals surface area contributed by atoms with Crippen LogP contribution in [0, 0.1) is 0 Å². The lowest BCUT2D eigenvalue weighted by Gasteiger charge is -2.19. The van der Waals surface area contributed by atoms with E-state index in [1.807, 2.05) is 31.2 Å². The number of nitrogens with zero attached hydrogens (tertiary/aromatic N) is 3. The van der Waals surface area contributed by atoms with Gasteiger partial charge in [0.25, 0.3) is 0 Å². The van der Waals surface area contributed by atoms with Gasteiger partial charge in [-0.3, -0.25) is 14.4 Å². The fraction of sp³-hybridized carbons (Fsp3) is 0.759. The van der Waals surface area contributed by atoms with Gasteiger partial charge in [-0.05, 0) is 32.3 Å². The molecule has 3 rings (SSSR count). The van der Waals surface area contributed by atoms with Crippen LogP contribution in [0.4, 0.5) is 5.82 Å². The van der Waals surface area contributed by atoms with Crippen molar-refractivity contribution in [2.45, 2.75) is 232 Å². The van der Waals surface area contributed by atoms with E-state index in [1.54, 1.807) is 0 Å². The molecule has 3 aromatic rings. The molecule has 12 nitrogen and oxygen atoms in total. The van der Waals surface area contributed by atoms with E-state index in [-0.39, 0.29) is 24.5 Å². The number of imidazole rings is 1. The van der Waals surface area contributed by atoms with Crippen molar-refractivity contribution < 1.29 is 28.6 Å². The van der Waals surface area contributed by atoms with Crippen molar-refractivity contribution in [1.82, 2.24) is 19.9 Å². The van der Waals surface area contributed by atoms with Crippen LogP contribution in [0.1, 0.15) is 213 Å². The Hall–Kier alpha value is -3.42. The smallest absolute Gasteiger partial charge is 0.306 e. The number of nitrogen functional groups attached to an aromatic ring is 1. The molecule has 0 aliphatic carbocycles. The fourth-order valence-electron chi connectivity index (χ4n) is 8.62. The van der Waals surface area contributed by atoms with Gasteiger partial charge in [-0.1, -0.05) is 186 Å². The van der Waals surface area contributed by atoms with E-state index in [0.29, 0.717) is 68.4 Å². The summed E-state index contributed by atoms with van der Waals surface area (Å²) in [5, 5.41) is 3.95. The zero-order valence-corrected chi connectivity index (χ0v) is 43.1.